The number of hydrogen-bond acceptors (Lipinski definition) is 5. The summed E-state index contributed by atoms with van der Waals surface area (Å²) >= 11 is 0. The first-order valence-corrected chi connectivity index (χ1v) is 9.05. The van der Waals surface area contributed by atoms with Crippen molar-refractivity contribution in [3.63, 3.8) is 0 Å². The molecule has 4 heterocycles. The molecule has 6 nitrogen and oxygen atoms in total. The standard InChI is InChI=1S/C20H18F2N6/c1-12(15-11-24-17-4-2-3-7-28(15)17)25-16-8-13(5-6-23-16)18-26-19(27-18)14-9-20(21,22)10-14/h2-8,11,14,18H,1,9-10H2,(H,23,25)(H,26,27). The number of amidine groups is 1. The number of alkyl halides is 2. The zero-order chi connectivity index (χ0) is 19.3. The highest BCUT2D eigenvalue weighted by molar-refractivity contribution is 5.90. The summed E-state index contributed by atoms with van der Waals surface area (Å²) in [5, 5.41) is 6.40. The zero-order valence-corrected chi connectivity index (χ0v) is 14.9. The summed E-state index contributed by atoms with van der Waals surface area (Å²) in [5.41, 5.74) is 3.27. The molecule has 2 aliphatic rings. The number of halogens is 2. The van der Waals surface area contributed by atoms with Crippen LogP contribution in [0.3, 0.4) is 0 Å². The van der Waals surface area contributed by atoms with Crippen LogP contribution in [0.5, 0.6) is 0 Å². The Labute approximate surface area is 160 Å². The number of rotatable bonds is 5. The Kier molecular flexibility index (Phi) is 3.68. The van der Waals surface area contributed by atoms with Crippen molar-refractivity contribution in [1.29, 1.82) is 0 Å². The molecule has 0 spiro atoms. The molecule has 0 radical (unpaired) electrons. The molecule has 28 heavy (non-hydrogen) atoms. The van der Waals surface area contributed by atoms with E-state index in [1.807, 2.05) is 40.9 Å². The molecule has 0 saturated heterocycles. The van der Waals surface area contributed by atoms with E-state index in [9.17, 15) is 8.78 Å². The number of anilines is 1. The van der Waals surface area contributed by atoms with Gasteiger partial charge < -0.3 is 10.6 Å². The van der Waals surface area contributed by atoms with Gasteiger partial charge in [0.15, 0.2) is 0 Å². The van der Waals surface area contributed by atoms with Gasteiger partial charge in [-0.15, -0.1) is 0 Å². The van der Waals surface area contributed by atoms with Crippen molar-refractivity contribution in [1.82, 2.24) is 19.7 Å². The lowest BCUT2D eigenvalue weighted by Gasteiger charge is -2.40. The van der Waals surface area contributed by atoms with Crippen molar-refractivity contribution in [2.24, 2.45) is 10.9 Å². The van der Waals surface area contributed by atoms with Gasteiger partial charge in [-0.2, -0.15) is 0 Å². The summed E-state index contributed by atoms with van der Waals surface area (Å²) in [7, 11) is 0. The lowest BCUT2D eigenvalue weighted by molar-refractivity contribution is -0.0926. The van der Waals surface area contributed by atoms with Crippen LogP contribution in [0.15, 0.2) is 60.5 Å². The summed E-state index contributed by atoms with van der Waals surface area (Å²) < 4.78 is 27.9. The number of nitrogens with zero attached hydrogens (tertiary/aromatic N) is 4. The first-order chi connectivity index (χ1) is 13.5. The average Bonchev–Trinajstić information content (AvgIpc) is 3.03. The van der Waals surface area contributed by atoms with Gasteiger partial charge in [-0.25, -0.2) is 23.7 Å². The second kappa shape index (κ2) is 6.12. The van der Waals surface area contributed by atoms with Crippen LogP contribution in [0.2, 0.25) is 0 Å². The summed E-state index contributed by atoms with van der Waals surface area (Å²) in [6.07, 6.45) is 4.91. The van der Waals surface area contributed by atoms with E-state index in [2.05, 4.69) is 32.2 Å². The largest absolute Gasteiger partial charge is 0.348 e. The molecule has 0 bridgehead atoms. The Hall–Kier alpha value is -3.29. The Bertz CT molecular complexity index is 1090. The van der Waals surface area contributed by atoms with Crippen LogP contribution < -0.4 is 10.6 Å². The first kappa shape index (κ1) is 16.9. The van der Waals surface area contributed by atoms with Gasteiger partial charge in [0.05, 0.1) is 17.6 Å². The fraction of sp³-hybridized carbons (Fsp3) is 0.250. The molecule has 1 aliphatic heterocycles. The van der Waals surface area contributed by atoms with E-state index >= 15 is 0 Å². The van der Waals surface area contributed by atoms with Crippen molar-refractivity contribution < 1.29 is 8.78 Å². The molecule has 1 atom stereocenters. The van der Waals surface area contributed by atoms with Crippen LogP contribution in [0.4, 0.5) is 14.6 Å². The molecular formula is C20H18F2N6. The Morgan fingerprint density at radius 3 is 2.86 bits per heavy atom. The zero-order valence-electron chi connectivity index (χ0n) is 14.9. The van der Waals surface area contributed by atoms with Crippen molar-refractivity contribution in [2.45, 2.75) is 24.9 Å². The quantitative estimate of drug-likeness (QED) is 0.705. The molecule has 3 aromatic rings. The van der Waals surface area contributed by atoms with Gasteiger partial charge in [-0.05, 0) is 24.3 Å². The van der Waals surface area contributed by atoms with Gasteiger partial charge in [-0.1, -0.05) is 12.6 Å². The van der Waals surface area contributed by atoms with Gasteiger partial charge in [-0.3, -0.25) is 4.40 Å². The molecule has 0 amide bonds. The highest BCUT2D eigenvalue weighted by Crippen LogP contribution is 2.44. The third-order valence-corrected chi connectivity index (χ3v) is 5.13. The summed E-state index contributed by atoms with van der Waals surface area (Å²) in [6, 6.07) is 9.52. The Morgan fingerprint density at radius 1 is 1.25 bits per heavy atom. The fourth-order valence-electron chi connectivity index (χ4n) is 3.58. The summed E-state index contributed by atoms with van der Waals surface area (Å²) in [5.74, 6) is -1.38. The first-order valence-electron chi connectivity index (χ1n) is 9.05. The monoisotopic (exact) mass is 380 g/mol. The number of aromatic nitrogens is 3. The number of imidazole rings is 1. The maximum absolute atomic E-state index is 13.0. The van der Waals surface area contributed by atoms with E-state index < -0.39 is 5.92 Å². The van der Waals surface area contributed by atoms with Crippen LogP contribution in [0.1, 0.15) is 30.3 Å². The molecule has 8 heteroatoms. The molecule has 0 aromatic carbocycles. The molecular weight excluding hydrogens is 362 g/mol. The van der Waals surface area contributed by atoms with Crippen molar-refractivity contribution in [3.05, 3.63) is 66.8 Å². The lowest BCUT2D eigenvalue weighted by Crippen LogP contribution is -2.50. The van der Waals surface area contributed by atoms with Crippen LogP contribution in [0, 0.1) is 5.92 Å². The van der Waals surface area contributed by atoms with Crippen LogP contribution >= 0.6 is 0 Å². The number of hydrogen-bond donors (Lipinski definition) is 2. The SMILES string of the molecule is C=C(Nc1cc(C2N=C(C3CC(F)(F)C3)N2)ccn1)c1cnc2ccccn12. The van der Waals surface area contributed by atoms with Crippen molar-refractivity contribution >= 4 is 23.0 Å². The minimum Gasteiger partial charge on any atom is -0.348 e. The minimum atomic E-state index is -2.54. The highest BCUT2D eigenvalue weighted by atomic mass is 19.3. The molecule has 3 aromatic heterocycles. The average molecular weight is 380 g/mol. The second-order valence-corrected chi connectivity index (χ2v) is 7.17. The molecule has 2 N–H and O–H groups in total. The summed E-state index contributed by atoms with van der Waals surface area (Å²) in [4.78, 5) is 13.2. The molecule has 1 unspecified atom stereocenters. The number of nitrogens with one attached hydrogen (secondary N) is 2. The molecule has 1 aliphatic carbocycles. The van der Waals surface area contributed by atoms with Gasteiger partial charge in [0.2, 0.25) is 5.92 Å². The maximum atomic E-state index is 13.0. The second-order valence-electron chi connectivity index (χ2n) is 7.17. The van der Waals surface area contributed by atoms with Crippen LogP contribution in [0.25, 0.3) is 11.3 Å². The van der Waals surface area contributed by atoms with E-state index in [1.165, 1.54) is 0 Å². The van der Waals surface area contributed by atoms with E-state index in [-0.39, 0.29) is 24.9 Å². The third-order valence-electron chi connectivity index (χ3n) is 5.13. The molecule has 5 rings (SSSR count). The smallest absolute Gasteiger partial charge is 0.249 e. The molecule has 142 valence electrons. The lowest BCUT2D eigenvalue weighted by atomic mass is 9.79. The predicted molar refractivity (Wildman–Crippen MR) is 103 cm³/mol. The third kappa shape index (κ3) is 2.90. The normalized spacial score (nSPS) is 20.6. The van der Waals surface area contributed by atoms with Gasteiger partial charge >= 0.3 is 0 Å². The van der Waals surface area contributed by atoms with E-state index in [1.54, 1.807) is 12.4 Å². The van der Waals surface area contributed by atoms with E-state index in [0.29, 0.717) is 17.4 Å². The molecule has 1 fully saturated rings. The minimum absolute atomic E-state index is 0.117. The van der Waals surface area contributed by atoms with Gasteiger partial charge in [0.25, 0.3) is 0 Å². The maximum Gasteiger partial charge on any atom is 0.249 e. The fourth-order valence-corrected chi connectivity index (χ4v) is 3.58. The number of fused-ring (bicyclic) bond motifs is 1. The van der Waals surface area contributed by atoms with E-state index in [4.69, 9.17) is 0 Å². The van der Waals surface area contributed by atoms with Gasteiger partial charge in [0, 0.05) is 36.7 Å². The van der Waals surface area contributed by atoms with Crippen LogP contribution in [-0.4, -0.2) is 26.1 Å². The van der Waals surface area contributed by atoms with Crippen molar-refractivity contribution in [3.8, 4) is 0 Å². The van der Waals surface area contributed by atoms with Gasteiger partial charge in [0.1, 0.15) is 23.5 Å². The topological polar surface area (TPSA) is 66.6 Å². The van der Waals surface area contributed by atoms with Crippen molar-refractivity contribution in [2.75, 3.05) is 5.32 Å². The Morgan fingerprint density at radius 2 is 2.07 bits per heavy atom. The molecule has 1 saturated carbocycles. The van der Waals surface area contributed by atoms with Crippen LogP contribution in [-0.2, 0) is 0 Å². The number of aliphatic imine (C=N–C) groups is 1. The number of pyridine rings is 2. The summed E-state index contributed by atoms with van der Waals surface area (Å²) in [6.45, 7) is 4.09. The highest BCUT2D eigenvalue weighted by Gasteiger charge is 2.49. The predicted octanol–water partition coefficient (Wildman–Crippen LogP) is 3.86. The van der Waals surface area contributed by atoms with E-state index in [0.717, 1.165) is 16.9 Å². The Balaban J connectivity index is 1.29.